The molecule has 0 aliphatic carbocycles. The molecule has 0 bridgehead atoms. The molecule has 0 aromatic carbocycles. The standard InChI is InChI=1S/C11H20N2O3/c1-12-10(14)5-3-7-13-6-2-4-9(8-13)11(15)16/h9H,2-8H2,1H3,(H,12,14)(H,15,16). The molecule has 1 saturated heterocycles. The minimum Gasteiger partial charge on any atom is -0.481 e. The fourth-order valence-electron chi connectivity index (χ4n) is 2.05. The van der Waals surface area contributed by atoms with E-state index in [4.69, 9.17) is 5.11 Å². The molecule has 5 heteroatoms. The van der Waals surface area contributed by atoms with E-state index in [1.54, 1.807) is 7.05 Å². The molecule has 2 N–H and O–H groups in total. The number of nitrogens with one attached hydrogen (secondary N) is 1. The van der Waals surface area contributed by atoms with Gasteiger partial charge in [0.25, 0.3) is 0 Å². The fraction of sp³-hybridized carbons (Fsp3) is 0.818. The number of nitrogens with zero attached hydrogens (tertiary/aromatic N) is 1. The Labute approximate surface area is 95.8 Å². The average molecular weight is 228 g/mol. The van der Waals surface area contributed by atoms with Crippen LogP contribution in [0.3, 0.4) is 0 Å². The van der Waals surface area contributed by atoms with E-state index in [-0.39, 0.29) is 11.8 Å². The molecule has 1 amide bonds. The second-order valence-electron chi connectivity index (χ2n) is 4.25. The summed E-state index contributed by atoms with van der Waals surface area (Å²) in [7, 11) is 1.63. The Kier molecular flexibility index (Phi) is 5.25. The van der Waals surface area contributed by atoms with Gasteiger partial charge in [0.2, 0.25) is 5.91 Å². The summed E-state index contributed by atoms with van der Waals surface area (Å²) in [5.41, 5.74) is 0. The third kappa shape index (κ3) is 4.18. The van der Waals surface area contributed by atoms with Crippen molar-refractivity contribution in [1.29, 1.82) is 0 Å². The first-order valence-corrected chi connectivity index (χ1v) is 5.79. The molecule has 0 saturated carbocycles. The van der Waals surface area contributed by atoms with Crippen molar-refractivity contribution in [2.45, 2.75) is 25.7 Å². The summed E-state index contributed by atoms with van der Waals surface area (Å²) in [5, 5.41) is 11.5. The van der Waals surface area contributed by atoms with Crippen molar-refractivity contribution in [3.63, 3.8) is 0 Å². The zero-order valence-corrected chi connectivity index (χ0v) is 9.74. The lowest BCUT2D eigenvalue weighted by atomic mass is 9.98. The number of carbonyl (C=O) groups excluding carboxylic acids is 1. The zero-order valence-electron chi connectivity index (χ0n) is 9.74. The lowest BCUT2D eigenvalue weighted by Gasteiger charge is -2.30. The Morgan fingerprint density at radius 3 is 2.88 bits per heavy atom. The molecular weight excluding hydrogens is 208 g/mol. The van der Waals surface area contributed by atoms with Crippen LogP contribution in [0.1, 0.15) is 25.7 Å². The van der Waals surface area contributed by atoms with Gasteiger partial charge in [0.05, 0.1) is 5.92 Å². The summed E-state index contributed by atoms with van der Waals surface area (Å²) in [6, 6.07) is 0. The number of aliphatic carboxylic acids is 1. The SMILES string of the molecule is CNC(=O)CCCN1CCCC(C(=O)O)C1. The quantitative estimate of drug-likeness (QED) is 0.710. The maximum atomic E-state index is 11.0. The summed E-state index contributed by atoms with van der Waals surface area (Å²) in [4.78, 5) is 24.0. The van der Waals surface area contributed by atoms with E-state index in [9.17, 15) is 9.59 Å². The number of hydrogen-bond acceptors (Lipinski definition) is 3. The topological polar surface area (TPSA) is 69.6 Å². The largest absolute Gasteiger partial charge is 0.481 e. The molecule has 1 rings (SSSR count). The summed E-state index contributed by atoms with van der Waals surface area (Å²) >= 11 is 0. The van der Waals surface area contributed by atoms with Gasteiger partial charge in [0.15, 0.2) is 0 Å². The highest BCUT2D eigenvalue weighted by Gasteiger charge is 2.24. The molecule has 0 aromatic heterocycles. The number of carboxylic acids is 1. The van der Waals surface area contributed by atoms with E-state index in [1.165, 1.54) is 0 Å². The van der Waals surface area contributed by atoms with Gasteiger partial charge in [-0.05, 0) is 32.4 Å². The van der Waals surface area contributed by atoms with Gasteiger partial charge >= 0.3 is 5.97 Å². The fourth-order valence-corrected chi connectivity index (χ4v) is 2.05. The van der Waals surface area contributed by atoms with E-state index in [0.29, 0.717) is 13.0 Å². The van der Waals surface area contributed by atoms with E-state index < -0.39 is 5.97 Å². The van der Waals surface area contributed by atoms with Crippen molar-refractivity contribution in [3.05, 3.63) is 0 Å². The predicted octanol–water partition coefficient (Wildman–Crippen LogP) is 0.309. The van der Waals surface area contributed by atoms with Crippen molar-refractivity contribution >= 4 is 11.9 Å². The molecule has 0 radical (unpaired) electrons. The number of piperidine rings is 1. The molecule has 1 atom stereocenters. The summed E-state index contributed by atoms with van der Waals surface area (Å²) in [5.74, 6) is -0.878. The number of hydrogen-bond donors (Lipinski definition) is 2. The minimum absolute atomic E-state index is 0.0480. The van der Waals surface area contributed by atoms with Crippen LogP contribution < -0.4 is 5.32 Å². The molecular formula is C11H20N2O3. The van der Waals surface area contributed by atoms with Crippen LogP contribution in [0.25, 0.3) is 0 Å². The van der Waals surface area contributed by atoms with Crippen molar-refractivity contribution in [2.75, 3.05) is 26.7 Å². The van der Waals surface area contributed by atoms with E-state index in [0.717, 1.165) is 32.4 Å². The van der Waals surface area contributed by atoms with Crippen molar-refractivity contribution < 1.29 is 14.7 Å². The molecule has 1 heterocycles. The highest BCUT2D eigenvalue weighted by atomic mass is 16.4. The molecule has 0 aromatic rings. The lowest BCUT2D eigenvalue weighted by Crippen LogP contribution is -2.39. The minimum atomic E-state index is -0.698. The Bertz CT molecular complexity index is 256. The summed E-state index contributed by atoms with van der Waals surface area (Å²) in [6.45, 7) is 2.40. The predicted molar refractivity (Wildman–Crippen MR) is 60.1 cm³/mol. The highest BCUT2D eigenvalue weighted by Crippen LogP contribution is 2.16. The van der Waals surface area contributed by atoms with Gasteiger partial charge in [-0.2, -0.15) is 0 Å². The van der Waals surface area contributed by atoms with Crippen LogP contribution in [0.4, 0.5) is 0 Å². The number of amides is 1. The zero-order chi connectivity index (χ0) is 12.0. The van der Waals surface area contributed by atoms with Crippen LogP contribution in [0.15, 0.2) is 0 Å². The monoisotopic (exact) mass is 228 g/mol. The third-order valence-electron chi connectivity index (χ3n) is 3.01. The maximum absolute atomic E-state index is 11.0. The highest BCUT2D eigenvalue weighted by molar-refractivity contribution is 5.75. The van der Waals surface area contributed by atoms with Gasteiger partial charge in [-0.15, -0.1) is 0 Å². The van der Waals surface area contributed by atoms with Gasteiger partial charge in [-0.1, -0.05) is 0 Å². The second kappa shape index (κ2) is 6.48. The van der Waals surface area contributed by atoms with Crippen LogP contribution in [-0.2, 0) is 9.59 Å². The summed E-state index contributed by atoms with van der Waals surface area (Å²) in [6.07, 6.45) is 3.04. The lowest BCUT2D eigenvalue weighted by molar-refractivity contribution is -0.143. The molecule has 0 spiro atoms. The number of rotatable bonds is 5. The van der Waals surface area contributed by atoms with Crippen LogP contribution >= 0.6 is 0 Å². The number of likely N-dealkylation sites (tertiary alicyclic amines) is 1. The van der Waals surface area contributed by atoms with Gasteiger partial charge < -0.3 is 15.3 Å². The molecule has 1 aliphatic heterocycles. The third-order valence-corrected chi connectivity index (χ3v) is 3.01. The van der Waals surface area contributed by atoms with Gasteiger partial charge in [-0.25, -0.2) is 0 Å². The van der Waals surface area contributed by atoms with E-state index in [2.05, 4.69) is 10.2 Å². The van der Waals surface area contributed by atoms with Crippen LogP contribution in [0, 0.1) is 5.92 Å². The second-order valence-corrected chi connectivity index (χ2v) is 4.25. The Morgan fingerprint density at radius 1 is 1.50 bits per heavy atom. The van der Waals surface area contributed by atoms with Crippen molar-refractivity contribution in [1.82, 2.24) is 10.2 Å². The smallest absolute Gasteiger partial charge is 0.307 e. The van der Waals surface area contributed by atoms with Gasteiger partial charge in [0, 0.05) is 20.0 Å². The summed E-state index contributed by atoms with van der Waals surface area (Å²) < 4.78 is 0. The normalized spacial score (nSPS) is 21.7. The Morgan fingerprint density at radius 2 is 2.25 bits per heavy atom. The van der Waals surface area contributed by atoms with Crippen LogP contribution in [-0.4, -0.2) is 48.6 Å². The first-order valence-electron chi connectivity index (χ1n) is 5.79. The molecule has 1 unspecified atom stereocenters. The van der Waals surface area contributed by atoms with Crippen molar-refractivity contribution in [2.24, 2.45) is 5.92 Å². The average Bonchev–Trinajstić information content (AvgIpc) is 2.29. The molecule has 1 aliphatic rings. The maximum Gasteiger partial charge on any atom is 0.307 e. The first kappa shape index (κ1) is 13.0. The molecule has 92 valence electrons. The first-order chi connectivity index (χ1) is 7.63. The van der Waals surface area contributed by atoms with Gasteiger partial charge in [0.1, 0.15) is 0 Å². The van der Waals surface area contributed by atoms with E-state index >= 15 is 0 Å². The van der Waals surface area contributed by atoms with Crippen LogP contribution in [0.5, 0.6) is 0 Å². The Hall–Kier alpha value is -1.10. The molecule has 5 nitrogen and oxygen atoms in total. The van der Waals surface area contributed by atoms with Crippen LogP contribution in [0.2, 0.25) is 0 Å². The molecule has 16 heavy (non-hydrogen) atoms. The van der Waals surface area contributed by atoms with Crippen molar-refractivity contribution in [3.8, 4) is 0 Å². The molecule has 1 fully saturated rings. The van der Waals surface area contributed by atoms with Gasteiger partial charge in [-0.3, -0.25) is 9.59 Å². The van der Waals surface area contributed by atoms with E-state index in [1.807, 2.05) is 0 Å². The Balaban J connectivity index is 2.21. The number of carboxylic acid groups (broad SMARTS) is 1. The number of carbonyl (C=O) groups is 2.